The fourth-order valence-electron chi connectivity index (χ4n) is 1.88. The van der Waals surface area contributed by atoms with Gasteiger partial charge in [0.2, 0.25) is 0 Å². The van der Waals surface area contributed by atoms with Crippen molar-refractivity contribution in [3.63, 3.8) is 0 Å². The molecule has 0 unspecified atom stereocenters. The highest BCUT2D eigenvalue weighted by atomic mass is 16.1. The summed E-state index contributed by atoms with van der Waals surface area (Å²) >= 11 is 0. The molecule has 0 bridgehead atoms. The van der Waals surface area contributed by atoms with Crippen molar-refractivity contribution in [2.75, 3.05) is 18.0 Å². The molecule has 5 heteroatoms. The van der Waals surface area contributed by atoms with Crippen molar-refractivity contribution in [3.05, 3.63) is 22.6 Å². The van der Waals surface area contributed by atoms with Crippen LogP contribution in [0.1, 0.15) is 12.8 Å². The van der Waals surface area contributed by atoms with Gasteiger partial charge < -0.3 is 10.6 Å². The zero-order valence-corrected chi connectivity index (χ0v) is 8.89. The molecule has 1 aromatic rings. The van der Waals surface area contributed by atoms with Crippen LogP contribution in [0.2, 0.25) is 0 Å². The van der Waals surface area contributed by atoms with Gasteiger partial charge in [-0.1, -0.05) is 0 Å². The van der Waals surface area contributed by atoms with Crippen LogP contribution in [0.15, 0.2) is 17.1 Å². The Morgan fingerprint density at radius 3 is 3.07 bits per heavy atom. The molecule has 2 rings (SSSR count). The van der Waals surface area contributed by atoms with E-state index in [1.807, 2.05) is 0 Å². The zero-order chi connectivity index (χ0) is 10.8. The Hall–Kier alpha value is -1.36. The summed E-state index contributed by atoms with van der Waals surface area (Å²) in [6, 6.07) is 1.83. The Morgan fingerprint density at radius 1 is 1.60 bits per heavy atom. The minimum Gasteiger partial charge on any atom is -0.369 e. The number of rotatable bonds is 1. The molecular weight excluding hydrogens is 192 g/mol. The predicted octanol–water partition coefficient (Wildman–Crippen LogP) is -0.292. The predicted molar refractivity (Wildman–Crippen MR) is 58.9 cm³/mol. The molecule has 0 saturated carbocycles. The van der Waals surface area contributed by atoms with Gasteiger partial charge in [-0.15, -0.1) is 0 Å². The molecule has 2 N–H and O–H groups in total. The van der Waals surface area contributed by atoms with Crippen LogP contribution in [-0.4, -0.2) is 28.9 Å². The van der Waals surface area contributed by atoms with Crippen LogP contribution >= 0.6 is 0 Å². The number of hydrogen-bond acceptors (Lipinski definition) is 4. The maximum absolute atomic E-state index is 11.4. The van der Waals surface area contributed by atoms with E-state index in [-0.39, 0.29) is 11.6 Å². The van der Waals surface area contributed by atoms with Gasteiger partial charge in [-0.2, -0.15) is 5.10 Å². The highest BCUT2D eigenvalue weighted by Gasteiger charge is 2.17. The Balaban J connectivity index is 2.21. The standard InChI is InChI=1S/C10H16N4O/c1-13-10(15)5-9(6-12-13)14-4-2-3-8(11)7-14/h5-6,8H,2-4,7,11H2,1H3/t8-/m1/s1. The average Bonchev–Trinajstić information content (AvgIpc) is 2.22. The highest BCUT2D eigenvalue weighted by molar-refractivity contribution is 5.43. The molecule has 1 aromatic heterocycles. The number of anilines is 1. The summed E-state index contributed by atoms with van der Waals surface area (Å²) in [7, 11) is 1.65. The summed E-state index contributed by atoms with van der Waals surface area (Å²) in [5.41, 5.74) is 6.69. The summed E-state index contributed by atoms with van der Waals surface area (Å²) in [6.07, 6.45) is 3.87. The molecule has 1 aliphatic rings. The van der Waals surface area contributed by atoms with Gasteiger partial charge in [-0.3, -0.25) is 4.79 Å². The van der Waals surface area contributed by atoms with E-state index in [9.17, 15) is 4.79 Å². The molecule has 1 atom stereocenters. The van der Waals surface area contributed by atoms with E-state index < -0.39 is 0 Å². The van der Waals surface area contributed by atoms with Crippen LogP contribution in [0.4, 0.5) is 5.69 Å². The number of aromatic nitrogens is 2. The van der Waals surface area contributed by atoms with E-state index in [0.717, 1.165) is 31.6 Å². The lowest BCUT2D eigenvalue weighted by Gasteiger charge is -2.32. The average molecular weight is 208 g/mol. The number of hydrogen-bond donors (Lipinski definition) is 1. The van der Waals surface area contributed by atoms with Crippen LogP contribution in [0, 0.1) is 0 Å². The van der Waals surface area contributed by atoms with Crippen molar-refractivity contribution in [3.8, 4) is 0 Å². The van der Waals surface area contributed by atoms with E-state index in [0.29, 0.717) is 0 Å². The van der Waals surface area contributed by atoms with Crippen LogP contribution in [0.5, 0.6) is 0 Å². The van der Waals surface area contributed by atoms with Crippen molar-refractivity contribution in [2.45, 2.75) is 18.9 Å². The molecular formula is C10H16N4O. The highest BCUT2D eigenvalue weighted by Crippen LogP contribution is 2.16. The molecule has 0 radical (unpaired) electrons. The maximum atomic E-state index is 11.4. The SMILES string of the molecule is Cn1ncc(N2CCC[C@@H](N)C2)cc1=O. The Labute approximate surface area is 88.5 Å². The third kappa shape index (κ3) is 2.18. The number of aryl methyl sites for hydroxylation is 1. The Bertz CT molecular complexity index is 401. The second-order valence-corrected chi connectivity index (χ2v) is 4.02. The quantitative estimate of drug-likeness (QED) is 0.688. The zero-order valence-electron chi connectivity index (χ0n) is 8.89. The maximum Gasteiger partial charge on any atom is 0.268 e. The summed E-state index contributed by atoms with van der Waals surface area (Å²) < 4.78 is 1.33. The second kappa shape index (κ2) is 4.02. The van der Waals surface area contributed by atoms with Crippen molar-refractivity contribution in [1.82, 2.24) is 9.78 Å². The first kappa shape index (κ1) is 10.2. The molecule has 0 aromatic carbocycles. The molecule has 5 nitrogen and oxygen atoms in total. The number of piperidine rings is 1. The molecule has 0 aliphatic carbocycles. The molecule has 0 amide bonds. The lowest BCUT2D eigenvalue weighted by Crippen LogP contribution is -2.43. The summed E-state index contributed by atoms with van der Waals surface area (Å²) in [4.78, 5) is 13.5. The normalized spacial score (nSPS) is 21.7. The largest absolute Gasteiger partial charge is 0.369 e. The molecule has 2 heterocycles. The Morgan fingerprint density at radius 2 is 2.40 bits per heavy atom. The topological polar surface area (TPSA) is 64.2 Å². The van der Waals surface area contributed by atoms with Gasteiger partial charge in [-0.05, 0) is 12.8 Å². The summed E-state index contributed by atoms with van der Waals surface area (Å²) in [5.74, 6) is 0. The number of nitrogens with zero attached hydrogens (tertiary/aromatic N) is 3. The van der Waals surface area contributed by atoms with E-state index in [2.05, 4.69) is 10.00 Å². The van der Waals surface area contributed by atoms with E-state index in [1.54, 1.807) is 19.3 Å². The second-order valence-electron chi connectivity index (χ2n) is 4.02. The third-order valence-corrected chi connectivity index (χ3v) is 2.78. The fraction of sp³-hybridized carbons (Fsp3) is 0.600. The van der Waals surface area contributed by atoms with Gasteiger partial charge in [0, 0.05) is 32.2 Å². The van der Waals surface area contributed by atoms with Crippen molar-refractivity contribution in [2.24, 2.45) is 12.8 Å². The van der Waals surface area contributed by atoms with Gasteiger partial charge in [0.05, 0.1) is 11.9 Å². The van der Waals surface area contributed by atoms with Crippen molar-refractivity contribution < 1.29 is 0 Å². The van der Waals surface area contributed by atoms with Gasteiger partial charge in [0.15, 0.2) is 0 Å². The molecule has 1 saturated heterocycles. The first-order chi connectivity index (χ1) is 7.16. The van der Waals surface area contributed by atoms with Crippen LogP contribution in [-0.2, 0) is 7.05 Å². The smallest absolute Gasteiger partial charge is 0.268 e. The van der Waals surface area contributed by atoms with Gasteiger partial charge >= 0.3 is 0 Å². The summed E-state index contributed by atoms with van der Waals surface area (Å²) in [6.45, 7) is 1.78. The first-order valence-electron chi connectivity index (χ1n) is 5.21. The molecule has 0 spiro atoms. The molecule has 1 aliphatic heterocycles. The van der Waals surface area contributed by atoms with Gasteiger partial charge in [0.1, 0.15) is 0 Å². The fourth-order valence-corrected chi connectivity index (χ4v) is 1.88. The lowest BCUT2D eigenvalue weighted by atomic mass is 10.1. The summed E-state index contributed by atoms with van der Waals surface area (Å²) in [5, 5.41) is 4.00. The molecule has 15 heavy (non-hydrogen) atoms. The van der Waals surface area contributed by atoms with Crippen molar-refractivity contribution in [1.29, 1.82) is 0 Å². The van der Waals surface area contributed by atoms with Crippen LogP contribution < -0.4 is 16.2 Å². The molecule has 82 valence electrons. The lowest BCUT2D eigenvalue weighted by molar-refractivity contribution is 0.504. The van der Waals surface area contributed by atoms with Crippen LogP contribution in [0.3, 0.4) is 0 Å². The van der Waals surface area contributed by atoms with Crippen LogP contribution in [0.25, 0.3) is 0 Å². The van der Waals surface area contributed by atoms with Crippen molar-refractivity contribution >= 4 is 5.69 Å². The monoisotopic (exact) mass is 208 g/mol. The van der Waals surface area contributed by atoms with E-state index in [1.165, 1.54) is 4.68 Å². The Kier molecular flexibility index (Phi) is 2.73. The van der Waals surface area contributed by atoms with E-state index >= 15 is 0 Å². The van der Waals surface area contributed by atoms with Gasteiger partial charge in [-0.25, -0.2) is 4.68 Å². The first-order valence-corrected chi connectivity index (χ1v) is 5.21. The van der Waals surface area contributed by atoms with E-state index in [4.69, 9.17) is 5.73 Å². The van der Waals surface area contributed by atoms with Gasteiger partial charge in [0.25, 0.3) is 5.56 Å². The minimum atomic E-state index is -0.0772. The molecule has 1 fully saturated rings. The number of nitrogens with two attached hydrogens (primary N) is 1. The third-order valence-electron chi connectivity index (χ3n) is 2.78. The minimum absolute atomic E-state index is 0.0772.